The molecule has 4 heterocycles. The molecule has 0 spiro atoms. The lowest BCUT2D eigenvalue weighted by atomic mass is 10.0. The summed E-state index contributed by atoms with van der Waals surface area (Å²) < 4.78 is 11.4. The molecule has 0 radical (unpaired) electrons. The zero-order chi connectivity index (χ0) is 37.5. The molecule has 0 aliphatic heterocycles. The standard InChI is InChI=1S/C52H32N4O/c1-3-16-33(17-4-1)55-46-29-10-7-20-35(46)38-23-13-26-41(49(38)55)44-32-45(54-52(53-44)43-28-15-25-40-37-22-9-12-31-48(37)57-51(40)43)42-27-14-24-39-36-21-8-11-30-47(36)56(50(39)42)34-18-5-2-6-19-34/h1-32H. The summed E-state index contributed by atoms with van der Waals surface area (Å²) >= 11 is 0. The molecule has 0 fully saturated rings. The van der Waals surface area contributed by atoms with Crippen LogP contribution in [0.25, 0.3) is 111 Å². The first-order chi connectivity index (χ1) is 28.3. The number of rotatable bonds is 5. The Labute approximate surface area is 327 Å². The van der Waals surface area contributed by atoms with Crippen LogP contribution in [0.1, 0.15) is 0 Å². The molecule has 0 N–H and O–H groups in total. The van der Waals surface area contributed by atoms with E-state index in [0.717, 1.165) is 83.5 Å². The lowest BCUT2D eigenvalue weighted by Gasteiger charge is -2.15. The second-order valence-corrected chi connectivity index (χ2v) is 14.5. The minimum Gasteiger partial charge on any atom is -0.455 e. The van der Waals surface area contributed by atoms with E-state index in [0.29, 0.717) is 5.82 Å². The molecule has 0 aliphatic rings. The molecule has 0 amide bonds. The van der Waals surface area contributed by atoms with E-state index >= 15 is 0 Å². The Balaban J connectivity index is 1.21. The highest BCUT2D eigenvalue weighted by molar-refractivity contribution is 6.16. The first kappa shape index (κ1) is 31.6. The Morgan fingerprint density at radius 1 is 0.351 bits per heavy atom. The molecule has 4 aromatic heterocycles. The fourth-order valence-electron chi connectivity index (χ4n) is 8.91. The van der Waals surface area contributed by atoms with E-state index < -0.39 is 0 Å². The molecule has 12 rings (SSSR count). The van der Waals surface area contributed by atoms with Gasteiger partial charge in [-0.25, -0.2) is 9.97 Å². The third-order valence-electron chi connectivity index (χ3n) is 11.3. The van der Waals surface area contributed by atoms with Crippen LogP contribution in [0.4, 0.5) is 0 Å². The highest BCUT2D eigenvalue weighted by atomic mass is 16.3. The number of hydrogen-bond acceptors (Lipinski definition) is 3. The molecule has 8 aromatic carbocycles. The molecule has 0 bridgehead atoms. The van der Waals surface area contributed by atoms with Gasteiger partial charge in [0.2, 0.25) is 0 Å². The van der Waals surface area contributed by atoms with Crippen molar-refractivity contribution in [1.82, 2.24) is 19.1 Å². The SMILES string of the molecule is c1ccc(-n2c3ccccc3c3cccc(-c4cc(-c5cccc6c7ccccc7n(-c7ccccc7)c56)nc(-c5cccc6c5oc5ccccc56)n4)c32)cc1. The molecule has 0 saturated carbocycles. The summed E-state index contributed by atoms with van der Waals surface area (Å²) in [6.07, 6.45) is 0. The third-order valence-corrected chi connectivity index (χ3v) is 11.3. The summed E-state index contributed by atoms with van der Waals surface area (Å²) in [5.41, 5.74) is 12.8. The highest BCUT2D eigenvalue weighted by Crippen LogP contribution is 2.43. The highest BCUT2D eigenvalue weighted by Gasteiger charge is 2.23. The van der Waals surface area contributed by atoms with Gasteiger partial charge in [0.1, 0.15) is 11.2 Å². The van der Waals surface area contributed by atoms with Crippen molar-refractivity contribution in [3.63, 3.8) is 0 Å². The van der Waals surface area contributed by atoms with E-state index in [4.69, 9.17) is 14.4 Å². The van der Waals surface area contributed by atoms with Crippen LogP contribution in [-0.4, -0.2) is 19.1 Å². The smallest absolute Gasteiger partial charge is 0.164 e. The summed E-state index contributed by atoms with van der Waals surface area (Å²) in [7, 11) is 0. The minimum absolute atomic E-state index is 0.603. The molecule has 5 nitrogen and oxygen atoms in total. The summed E-state index contributed by atoms with van der Waals surface area (Å²) in [4.78, 5) is 11.0. The Morgan fingerprint density at radius 2 is 0.789 bits per heavy atom. The van der Waals surface area contributed by atoms with E-state index in [-0.39, 0.29) is 0 Å². The van der Waals surface area contributed by atoms with Gasteiger partial charge in [-0.2, -0.15) is 0 Å². The van der Waals surface area contributed by atoms with Crippen molar-refractivity contribution in [3.05, 3.63) is 194 Å². The van der Waals surface area contributed by atoms with Crippen LogP contribution in [0.3, 0.4) is 0 Å². The Hall–Kier alpha value is -7.76. The molecule has 0 saturated heterocycles. The second kappa shape index (κ2) is 12.4. The number of benzene rings is 8. The molecule has 5 heteroatoms. The van der Waals surface area contributed by atoms with E-state index in [1.807, 2.05) is 12.1 Å². The van der Waals surface area contributed by atoms with Gasteiger partial charge in [0, 0.05) is 54.8 Å². The zero-order valence-corrected chi connectivity index (χ0v) is 30.7. The monoisotopic (exact) mass is 728 g/mol. The van der Waals surface area contributed by atoms with Crippen molar-refractivity contribution >= 4 is 65.6 Å². The van der Waals surface area contributed by atoms with Gasteiger partial charge in [0.15, 0.2) is 5.82 Å². The number of nitrogens with zero attached hydrogens (tertiary/aromatic N) is 4. The van der Waals surface area contributed by atoms with Crippen molar-refractivity contribution in [2.45, 2.75) is 0 Å². The third kappa shape index (κ3) is 4.76. The van der Waals surface area contributed by atoms with Crippen molar-refractivity contribution in [2.75, 3.05) is 0 Å². The molecular formula is C52H32N4O. The van der Waals surface area contributed by atoms with Gasteiger partial charge in [-0.15, -0.1) is 0 Å². The van der Waals surface area contributed by atoms with Crippen molar-refractivity contribution in [3.8, 4) is 45.3 Å². The first-order valence-corrected chi connectivity index (χ1v) is 19.3. The van der Waals surface area contributed by atoms with Gasteiger partial charge in [-0.05, 0) is 54.6 Å². The van der Waals surface area contributed by atoms with Gasteiger partial charge >= 0.3 is 0 Å². The summed E-state index contributed by atoms with van der Waals surface area (Å²) in [5.74, 6) is 0.603. The van der Waals surface area contributed by atoms with Gasteiger partial charge in [0.05, 0.1) is 39.0 Å². The molecule has 0 aliphatic carbocycles. The molecule has 266 valence electrons. The molecule has 57 heavy (non-hydrogen) atoms. The van der Waals surface area contributed by atoms with Crippen LogP contribution < -0.4 is 0 Å². The van der Waals surface area contributed by atoms with Crippen LogP contribution in [0.5, 0.6) is 0 Å². The average Bonchev–Trinajstić information content (AvgIpc) is 3.95. The largest absolute Gasteiger partial charge is 0.455 e. The number of fused-ring (bicyclic) bond motifs is 9. The Kier molecular flexibility index (Phi) is 6.86. The second-order valence-electron chi connectivity index (χ2n) is 14.5. The van der Waals surface area contributed by atoms with E-state index in [1.165, 1.54) is 21.5 Å². The fraction of sp³-hybridized carbons (Fsp3) is 0. The van der Waals surface area contributed by atoms with Gasteiger partial charge in [-0.3, -0.25) is 0 Å². The Bertz CT molecular complexity index is 3340. The predicted octanol–water partition coefficient (Wildman–Crippen LogP) is 13.6. The zero-order valence-electron chi connectivity index (χ0n) is 30.7. The van der Waals surface area contributed by atoms with E-state index in [1.54, 1.807) is 0 Å². The van der Waals surface area contributed by atoms with Crippen LogP contribution >= 0.6 is 0 Å². The van der Waals surface area contributed by atoms with Crippen LogP contribution in [0, 0.1) is 0 Å². The lowest BCUT2D eigenvalue weighted by molar-refractivity contribution is 0.669. The van der Waals surface area contributed by atoms with Crippen LogP contribution in [0.2, 0.25) is 0 Å². The topological polar surface area (TPSA) is 48.8 Å². The number of hydrogen-bond donors (Lipinski definition) is 0. The number of para-hydroxylation sites is 8. The number of aromatic nitrogens is 4. The Morgan fingerprint density at radius 3 is 1.35 bits per heavy atom. The number of furan rings is 1. The van der Waals surface area contributed by atoms with Crippen LogP contribution in [0.15, 0.2) is 199 Å². The van der Waals surface area contributed by atoms with Gasteiger partial charge < -0.3 is 13.6 Å². The quantitative estimate of drug-likeness (QED) is 0.177. The summed E-state index contributed by atoms with van der Waals surface area (Å²) in [5, 5.41) is 6.82. The fourth-order valence-corrected chi connectivity index (χ4v) is 8.91. The maximum atomic E-state index is 6.62. The molecule has 0 unspecified atom stereocenters. The van der Waals surface area contributed by atoms with Crippen molar-refractivity contribution in [1.29, 1.82) is 0 Å². The van der Waals surface area contributed by atoms with E-state index in [2.05, 4.69) is 191 Å². The van der Waals surface area contributed by atoms with Crippen molar-refractivity contribution < 1.29 is 4.42 Å². The molecule has 0 atom stereocenters. The average molecular weight is 729 g/mol. The maximum Gasteiger partial charge on any atom is 0.164 e. The van der Waals surface area contributed by atoms with Crippen LogP contribution in [-0.2, 0) is 0 Å². The normalized spacial score (nSPS) is 11.9. The summed E-state index contributed by atoms with van der Waals surface area (Å²) in [6.45, 7) is 0. The van der Waals surface area contributed by atoms with Gasteiger partial charge in [0.25, 0.3) is 0 Å². The van der Waals surface area contributed by atoms with Crippen molar-refractivity contribution in [2.24, 2.45) is 0 Å². The first-order valence-electron chi connectivity index (χ1n) is 19.3. The minimum atomic E-state index is 0.603. The van der Waals surface area contributed by atoms with Gasteiger partial charge in [-0.1, -0.05) is 140 Å². The maximum absolute atomic E-state index is 6.62. The van der Waals surface area contributed by atoms with E-state index in [9.17, 15) is 0 Å². The molecular weight excluding hydrogens is 697 g/mol. The predicted molar refractivity (Wildman–Crippen MR) is 234 cm³/mol. The summed E-state index contributed by atoms with van der Waals surface area (Å²) in [6, 6.07) is 68.3. The molecule has 12 aromatic rings. The lowest BCUT2D eigenvalue weighted by Crippen LogP contribution is -2.00.